The van der Waals surface area contributed by atoms with Crippen LogP contribution in [0.2, 0.25) is 0 Å². The Balaban J connectivity index is 1.54. The van der Waals surface area contributed by atoms with Crippen LogP contribution in [0.3, 0.4) is 0 Å². The molecule has 25 heavy (non-hydrogen) atoms. The number of hydrogen-bond donors (Lipinski definition) is 1. The second-order valence-electron chi connectivity index (χ2n) is 6.63. The van der Waals surface area contributed by atoms with E-state index in [1.807, 2.05) is 32.0 Å². The Morgan fingerprint density at radius 2 is 1.96 bits per heavy atom. The second kappa shape index (κ2) is 8.05. The zero-order valence-corrected chi connectivity index (χ0v) is 14.9. The van der Waals surface area contributed by atoms with Gasteiger partial charge in [-0.2, -0.15) is 0 Å². The number of rotatable bonds is 5. The summed E-state index contributed by atoms with van der Waals surface area (Å²) in [4.78, 5) is 27.7. The average molecular weight is 339 g/mol. The van der Waals surface area contributed by atoms with Gasteiger partial charge in [-0.1, -0.05) is 0 Å². The van der Waals surface area contributed by atoms with Gasteiger partial charge in [0.1, 0.15) is 0 Å². The molecule has 0 radical (unpaired) electrons. The number of aryl methyl sites for hydroxylation is 2. The van der Waals surface area contributed by atoms with Crippen molar-refractivity contribution >= 4 is 11.9 Å². The fraction of sp³-hybridized carbons (Fsp3) is 0.474. The quantitative estimate of drug-likeness (QED) is 0.903. The fourth-order valence-corrected chi connectivity index (χ4v) is 3.25. The van der Waals surface area contributed by atoms with Gasteiger partial charge in [-0.15, -0.1) is 0 Å². The van der Waals surface area contributed by atoms with Crippen LogP contribution in [0.5, 0.6) is 0 Å². The largest absolute Gasteiger partial charge is 0.355 e. The average Bonchev–Trinajstić information content (AvgIpc) is 2.62. The monoisotopic (exact) mass is 339 g/mol. The third-order valence-electron chi connectivity index (χ3n) is 4.51. The third-order valence-corrected chi connectivity index (χ3v) is 4.51. The molecule has 6 heteroatoms. The summed E-state index contributed by atoms with van der Waals surface area (Å²) in [7, 11) is 0. The van der Waals surface area contributed by atoms with Gasteiger partial charge in [-0.3, -0.25) is 9.78 Å². The first-order chi connectivity index (χ1) is 12.1. The van der Waals surface area contributed by atoms with Crippen LogP contribution in [0, 0.1) is 19.8 Å². The summed E-state index contributed by atoms with van der Waals surface area (Å²) in [6, 6.07) is 5.93. The summed E-state index contributed by atoms with van der Waals surface area (Å²) in [6.07, 6.45) is 6.28. The number of pyridine rings is 1. The number of piperidine rings is 1. The molecule has 0 unspecified atom stereocenters. The van der Waals surface area contributed by atoms with E-state index in [4.69, 9.17) is 0 Å². The molecule has 1 aliphatic rings. The normalized spacial score (nSPS) is 17.4. The Bertz CT molecular complexity index is 699. The van der Waals surface area contributed by atoms with E-state index in [9.17, 15) is 4.79 Å². The lowest BCUT2D eigenvalue weighted by Crippen LogP contribution is -2.44. The third kappa shape index (κ3) is 4.75. The van der Waals surface area contributed by atoms with Crippen molar-refractivity contribution in [2.24, 2.45) is 5.92 Å². The Labute approximate surface area is 148 Å². The highest BCUT2D eigenvalue weighted by atomic mass is 16.1. The summed E-state index contributed by atoms with van der Waals surface area (Å²) in [5.41, 5.74) is 3.11. The Hall–Kier alpha value is -2.50. The zero-order valence-electron chi connectivity index (χ0n) is 14.9. The molecule has 132 valence electrons. The minimum Gasteiger partial charge on any atom is -0.355 e. The summed E-state index contributed by atoms with van der Waals surface area (Å²) >= 11 is 0. The maximum Gasteiger partial charge on any atom is 0.225 e. The van der Waals surface area contributed by atoms with Gasteiger partial charge >= 0.3 is 0 Å². The predicted octanol–water partition coefficient (Wildman–Crippen LogP) is 2.06. The molecule has 2 aromatic heterocycles. The SMILES string of the molecule is Cc1cc(C)nc(N2CCC[C@H](C(=O)NCCc3ccncc3)C2)n1. The number of nitrogens with zero attached hydrogens (tertiary/aromatic N) is 4. The second-order valence-corrected chi connectivity index (χ2v) is 6.63. The minimum absolute atomic E-state index is 0.00407. The van der Waals surface area contributed by atoms with E-state index in [0.29, 0.717) is 13.1 Å². The van der Waals surface area contributed by atoms with Crippen molar-refractivity contribution in [3.8, 4) is 0 Å². The van der Waals surface area contributed by atoms with E-state index in [0.717, 1.165) is 43.1 Å². The number of amides is 1. The number of hydrogen-bond acceptors (Lipinski definition) is 5. The van der Waals surface area contributed by atoms with Gasteiger partial charge < -0.3 is 10.2 Å². The number of nitrogens with one attached hydrogen (secondary N) is 1. The van der Waals surface area contributed by atoms with E-state index in [-0.39, 0.29) is 11.8 Å². The van der Waals surface area contributed by atoms with Crippen molar-refractivity contribution in [2.45, 2.75) is 33.1 Å². The van der Waals surface area contributed by atoms with Gasteiger partial charge in [-0.25, -0.2) is 9.97 Å². The van der Waals surface area contributed by atoms with Crippen molar-refractivity contribution in [1.29, 1.82) is 0 Å². The van der Waals surface area contributed by atoms with E-state index < -0.39 is 0 Å². The molecule has 2 aromatic rings. The summed E-state index contributed by atoms with van der Waals surface area (Å²) in [5.74, 6) is 0.866. The first-order valence-corrected chi connectivity index (χ1v) is 8.85. The standard InChI is InChI=1S/C19H25N5O/c1-14-12-15(2)23-19(22-14)24-11-3-4-17(13-24)18(25)21-10-7-16-5-8-20-9-6-16/h5-6,8-9,12,17H,3-4,7,10-11,13H2,1-2H3,(H,21,25)/t17-/m0/s1. The molecular formula is C19H25N5O. The highest BCUT2D eigenvalue weighted by Gasteiger charge is 2.27. The first kappa shape index (κ1) is 17.3. The summed E-state index contributed by atoms with van der Waals surface area (Å²) in [5, 5.41) is 3.07. The molecule has 1 amide bonds. The van der Waals surface area contributed by atoms with Crippen LogP contribution >= 0.6 is 0 Å². The van der Waals surface area contributed by atoms with Gasteiger partial charge in [-0.05, 0) is 56.9 Å². The highest BCUT2D eigenvalue weighted by molar-refractivity contribution is 5.79. The predicted molar refractivity (Wildman–Crippen MR) is 97.4 cm³/mol. The smallest absolute Gasteiger partial charge is 0.225 e. The lowest BCUT2D eigenvalue weighted by molar-refractivity contribution is -0.125. The molecule has 0 saturated carbocycles. The maximum atomic E-state index is 12.5. The van der Waals surface area contributed by atoms with Crippen LogP contribution in [-0.4, -0.2) is 40.5 Å². The van der Waals surface area contributed by atoms with Gasteiger partial charge in [0.25, 0.3) is 0 Å². The number of carbonyl (C=O) groups excluding carboxylic acids is 1. The Morgan fingerprint density at radius 1 is 1.24 bits per heavy atom. The number of carbonyl (C=O) groups is 1. The minimum atomic E-state index is -0.00407. The number of aromatic nitrogens is 3. The maximum absolute atomic E-state index is 12.5. The zero-order chi connectivity index (χ0) is 17.6. The van der Waals surface area contributed by atoms with Crippen molar-refractivity contribution in [1.82, 2.24) is 20.3 Å². The molecule has 6 nitrogen and oxygen atoms in total. The fourth-order valence-electron chi connectivity index (χ4n) is 3.25. The van der Waals surface area contributed by atoms with Gasteiger partial charge in [0.05, 0.1) is 5.92 Å². The van der Waals surface area contributed by atoms with E-state index in [1.165, 1.54) is 5.56 Å². The van der Waals surface area contributed by atoms with E-state index in [1.54, 1.807) is 12.4 Å². The topological polar surface area (TPSA) is 71.0 Å². The molecule has 1 saturated heterocycles. The van der Waals surface area contributed by atoms with Gasteiger partial charge in [0, 0.05) is 43.4 Å². The van der Waals surface area contributed by atoms with Crippen LogP contribution in [0.15, 0.2) is 30.6 Å². The van der Waals surface area contributed by atoms with Crippen molar-refractivity contribution in [2.75, 3.05) is 24.5 Å². The molecule has 1 aliphatic heterocycles. The van der Waals surface area contributed by atoms with Crippen LogP contribution in [0.4, 0.5) is 5.95 Å². The van der Waals surface area contributed by atoms with Crippen LogP contribution in [-0.2, 0) is 11.2 Å². The van der Waals surface area contributed by atoms with Crippen LogP contribution in [0.1, 0.15) is 29.8 Å². The molecular weight excluding hydrogens is 314 g/mol. The molecule has 1 fully saturated rings. The lowest BCUT2D eigenvalue weighted by Gasteiger charge is -2.32. The van der Waals surface area contributed by atoms with Crippen molar-refractivity contribution in [3.63, 3.8) is 0 Å². The Morgan fingerprint density at radius 3 is 2.68 bits per heavy atom. The molecule has 3 rings (SSSR count). The molecule has 1 atom stereocenters. The Kier molecular flexibility index (Phi) is 5.58. The van der Waals surface area contributed by atoms with Crippen molar-refractivity contribution < 1.29 is 4.79 Å². The molecule has 0 spiro atoms. The van der Waals surface area contributed by atoms with E-state index in [2.05, 4.69) is 25.2 Å². The molecule has 3 heterocycles. The molecule has 1 N–H and O–H groups in total. The first-order valence-electron chi connectivity index (χ1n) is 8.85. The summed E-state index contributed by atoms with van der Waals surface area (Å²) in [6.45, 7) is 6.20. The van der Waals surface area contributed by atoms with Gasteiger partial charge in [0.2, 0.25) is 11.9 Å². The summed E-state index contributed by atoms with van der Waals surface area (Å²) < 4.78 is 0. The van der Waals surface area contributed by atoms with Gasteiger partial charge in [0.15, 0.2) is 0 Å². The highest BCUT2D eigenvalue weighted by Crippen LogP contribution is 2.21. The number of anilines is 1. The lowest BCUT2D eigenvalue weighted by atomic mass is 9.97. The molecule has 0 aliphatic carbocycles. The van der Waals surface area contributed by atoms with Crippen LogP contribution in [0.25, 0.3) is 0 Å². The molecule has 0 bridgehead atoms. The van der Waals surface area contributed by atoms with Crippen molar-refractivity contribution in [3.05, 3.63) is 47.5 Å². The van der Waals surface area contributed by atoms with Crippen LogP contribution < -0.4 is 10.2 Å². The van der Waals surface area contributed by atoms with E-state index >= 15 is 0 Å². The molecule has 0 aromatic carbocycles.